The lowest BCUT2D eigenvalue weighted by Crippen LogP contribution is -2.06. The van der Waals surface area contributed by atoms with E-state index in [0.717, 1.165) is 10.5 Å². The molecule has 6 nitrogen and oxygen atoms in total. The van der Waals surface area contributed by atoms with Crippen LogP contribution in [-0.2, 0) is 4.79 Å². The summed E-state index contributed by atoms with van der Waals surface area (Å²) in [5, 5.41) is 9.36. The van der Waals surface area contributed by atoms with E-state index in [0.29, 0.717) is 5.65 Å². The first kappa shape index (κ1) is 10.9. The van der Waals surface area contributed by atoms with Crippen molar-refractivity contribution in [2.24, 2.45) is 0 Å². The molecule has 0 aromatic carbocycles. The number of carboxylic acids is 1. The van der Waals surface area contributed by atoms with Crippen LogP contribution in [0.4, 0.5) is 0 Å². The van der Waals surface area contributed by atoms with Gasteiger partial charge in [0.05, 0.1) is 12.7 Å². The van der Waals surface area contributed by atoms with E-state index in [2.05, 4.69) is 19.9 Å². The quantitative estimate of drug-likeness (QED) is 0.616. The molecule has 7 heteroatoms. The number of hydrogen-bond acceptors (Lipinski definition) is 5. The normalized spacial score (nSPS) is 12.8. The Morgan fingerprint density at radius 3 is 3.12 bits per heavy atom. The Bertz CT molecular complexity index is 513. The standard InChI is InChI=1S/C9H10N4O2S/c1-5(2-6(14)15)16-9-7-8(11-3-10-7)12-4-13-9/h3-5H,2H2,1H3,(H,14,15)(H,10,11,12,13). The maximum atomic E-state index is 10.5. The van der Waals surface area contributed by atoms with Gasteiger partial charge in [0.25, 0.3) is 0 Å². The summed E-state index contributed by atoms with van der Waals surface area (Å²) in [6.45, 7) is 1.85. The number of H-pyrrole nitrogens is 1. The third-order valence-corrected chi connectivity index (χ3v) is 3.06. The second-order valence-electron chi connectivity index (χ2n) is 3.31. The van der Waals surface area contributed by atoms with Crippen molar-refractivity contribution in [1.82, 2.24) is 19.9 Å². The van der Waals surface area contributed by atoms with Gasteiger partial charge in [-0.25, -0.2) is 15.0 Å². The molecule has 0 saturated heterocycles. The highest BCUT2D eigenvalue weighted by Crippen LogP contribution is 2.27. The van der Waals surface area contributed by atoms with Crippen molar-refractivity contribution < 1.29 is 9.90 Å². The summed E-state index contributed by atoms with van der Waals surface area (Å²) in [4.78, 5) is 25.6. The summed E-state index contributed by atoms with van der Waals surface area (Å²) < 4.78 is 0. The molecule has 2 rings (SSSR count). The minimum absolute atomic E-state index is 0.0427. The maximum absolute atomic E-state index is 10.5. The molecule has 0 aliphatic rings. The molecule has 0 aliphatic carbocycles. The molecule has 0 amide bonds. The van der Waals surface area contributed by atoms with E-state index < -0.39 is 5.97 Å². The lowest BCUT2D eigenvalue weighted by molar-refractivity contribution is -0.136. The zero-order valence-electron chi connectivity index (χ0n) is 8.54. The van der Waals surface area contributed by atoms with E-state index in [1.165, 1.54) is 18.1 Å². The Labute approximate surface area is 95.5 Å². The Morgan fingerprint density at radius 2 is 2.38 bits per heavy atom. The van der Waals surface area contributed by atoms with E-state index in [9.17, 15) is 4.79 Å². The number of hydrogen-bond donors (Lipinski definition) is 2. The Kier molecular flexibility index (Phi) is 3.04. The van der Waals surface area contributed by atoms with Crippen molar-refractivity contribution in [2.45, 2.75) is 23.6 Å². The van der Waals surface area contributed by atoms with Crippen molar-refractivity contribution in [1.29, 1.82) is 0 Å². The number of rotatable bonds is 4. The number of carbonyl (C=O) groups is 1. The van der Waals surface area contributed by atoms with Gasteiger partial charge in [-0.05, 0) is 0 Å². The zero-order chi connectivity index (χ0) is 11.5. The van der Waals surface area contributed by atoms with Crippen molar-refractivity contribution in [3.63, 3.8) is 0 Å². The van der Waals surface area contributed by atoms with Gasteiger partial charge in [0.2, 0.25) is 0 Å². The van der Waals surface area contributed by atoms with Crippen LogP contribution in [0, 0.1) is 0 Å². The van der Waals surface area contributed by atoms with Gasteiger partial charge in [-0.3, -0.25) is 4.79 Å². The van der Waals surface area contributed by atoms with E-state index in [1.807, 2.05) is 6.92 Å². The number of aromatic amines is 1. The number of nitrogens with one attached hydrogen (secondary N) is 1. The molecule has 0 radical (unpaired) electrons. The minimum Gasteiger partial charge on any atom is -0.481 e. The predicted octanol–water partition coefficient (Wildman–Crippen LogP) is 1.31. The van der Waals surface area contributed by atoms with Gasteiger partial charge in [0.1, 0.15) is 16.9 Å². The number of fused-ring (bicyclic) bond motifs is 1. The molecule has 0 bridgehead atoms. The summed E-state index contributed by atoms with van der Waals surface area (Å²) in [5.74, 6) is -0.810. The molecule has 2 N–H and O–H groups in total. The fraction of sp³-hybridized carbons (Fsp3) is 0.333. The highest BCUT2D eigenvalue weighted by Gasteiger charge is 2.13. The molecule has 0 saturated carbocycles. The number of aliphatic carboxylic acids is 1. The molecule has 1 atom stereocenters. The molecule has 1 unspecified atom stereocenters. The molecule has 0 spiro atoms. The number of aromatic nitrogens is 4. The van der Waals surface area contributed by atoms with E-state index in [4.69, 9.17) is 5.11 Å². The van der Waals surface area contributed by atoms with Crippen molar-refractivity contribution in [3.05, 3.63) is 12.7 Å². The zero-order valence-corrected chi connectivity index (χ0v) is 9.36. The van der Waals surface area contributed by atoms with Crippen molar-refractivity contribution in [3.8, 4) is 0 Å². The number of nitrogens with zero attached hydrogens (tertiary/aromatic N) is 3. The van der Waals surface area contributed by atoms with Crippen LogP contribution in [0.15, 0.2) is 17.7 Å². The highest BCUT2D eigenvalue weighted by molar-refractivity contribution is 8.00. The number of carboxylic acid groups (broad SMARTS) is 1. The SMILES string of the molecule is CC(CC(=O)O)Sc1ncnc2nc[nH]c12. The molecule has 0 aliphatic heterocycles. The summed E-state index contributed by atoms with van der Waals surface area (Å²) >= 11 is 1.40. The van der Waals surface area contributed by atoms with Crippen LogP contribution < -0.4 is 0 Å². The van der Waals surface area contributed by atoms with Crippen molar-refractivity contribution >= 4 is 28.9 Å². The summed E-state index contributed by atoms with van der Waals surface area (Å²) in [6, 6.07) is 0. The molecule has 2 heterocycles. The Morgan fingerprint density at radius 1 is 1.56 bits per heavy atom. The number of imidazole rings is 1. The first-order chi connectivity index (χ1) is 7.66. The average molecular weight is 238 g/mol. The maximum Gasteiger partial charge on any atom is 0.304 e. The van der Waals surface area contributed by atoms with Gasteiger partial charge in [-0.2, -0.15) is 0 Å². The average Bonchev–Trinajstić information content (AvgIpc) is 2.65. The summed E-state index contributed by atoms with van der Waals surface area (Å²) in [7, 11) is 0. The van der Waals surface area contributed by atoms with Crippen LogP contribution in [0.3, 0.4) is 0 Å². The van der Waals surface area contributed by atoms with Crippen LogP contribution in [0.5, 0.6) is 0 Å². The van der Waals surface area contributed by atoms with Gasteiger partial charge in [-0.1, -0.05) is 6.92 Å². The highest BCUT2D eigenvalue weighted by atomic mass is 32.2. The fourth-order valence-corrected chi connectivity index (χ4v) is 2.29. The minimum atomic E-state index is -0.810. The van der Waals surface area contributed by atoms with Gasteiger partial charge < -0.3 is 10.1 Å². The molecular weight excluding hydrogens is 228 g/mol. The third-order valence-electron chi connectivity index (χ3n) is 1.96. The topological polar surface area (TPSA) is 91.8 Å². The lowest BCUT2D eigenvalue weighted by Gasteiger charge is -2.07. The van der Waals surface area contributed by atoms with E-state index >= 15 is 0 Å². The van der Waals surface area contributed by atoms with Gasteiger partial charge in [0.15, 0.2) is 5.65 Å². The molecule has 2 aromatic rings. The first-order valence-electron chi connectivity index (χ1n) is 4.69. The molecule has 84 valence electrons. The van der Waals surface area contributed by atoms with Crippen molar-refractivity contribution in [2.75, 3.05) is 0 Å². The molecule has 16 heavy (non-hydrogen) atoms. The molecule has 2 aromatic heterocycles. The monoisotopic (exact) mass is 238 g/mol. The smallest absolute Gasteiger partial charge is 0.304 e. The Balaban J connectivity index is 2.20. The number of thioether (sulfide) groups is 1. The first-order valence-corrected chi connectivity index (χ1v) is 5.57. The molecular formula is C9H10N4O2S. The van der Waals surface area contributed by atoms with E-state index in [1.54, 1.807) is 6.33 Å². The van der Waals surface area contributed by atoms with Crippen LogP contribution in [0.2, 0.25) is 0 Å². The largest absolute Gasteiger partial charge is 0.481 e. The lowest BCUT2D eigenvalue weighted by atomic mass is 10.3. The fourth-order valence-electron chi connectivity index (χ4n) is 1.31. The van der Waals surface area contributed by atoms with Crippen LogP contribution >= 0.6 is 11.8 Å². The van der Waals surface area contributed by atoms with Gasteiger partial charge in [0, 0.05) is 5.25 Å². The predicted molar refractivity (Wildman–Crippen MR) is 59.3 cm³/mol. The second-order valence-corrected chi connectivity index (χ2v) is 4.73. The van der Waals surface area contributed by atoms with Gasteiger partial charge in [-0.15, -0.1) is 11.8 Å². The molecule has 0 fully saturated rings. The van der Waals surface area contributed by atoms with Crippen LogP contribution in [-0.4, -0.2) is 36.3 Å². The van der Waals surface area contributed by atoms with Crippen LogP contribution in [0.25, 0.3) is 11.2 Å². The third kappa shape index (κ3) is 2.30. The summed E-state index contributed by atoms with van der Waals surface area (Å²) in [5.41, 5.74) is 1.35. The summed E-state index contributed by atoms with van der Waals surface area (Å²) in [6.07, 6.45) is 3.08. The van der Waals surface area contributed by atoms with Crippen LogP contribution in [0.1, 0.15) is 13.3 Å². The van der Waals surface area contributed by atoms with E-state index in [-0.39, 0.29) is 11.7 Å². The van der Waals surface area contributed by atoms with Gasteiger partial charge >= 0.3 is 5.97 Å². The Hall–Kier alpha value is -1.63. The second kappa shape index (κ2) is 4.48.